The summed E-state index contributed by atoms with van der Waals surface area (Å²) in [5.74, 6) is -0.203. The lowest BCUT2D eigenvalue weighted by molar-refractivity contribution is 0.628. The highest BCUT2D eigenvalue weighted by Gasteiger charge is 2.09. The van der Waals surface area contributed by atoms with Crippen LogP contribution in [0.25, 0.3) is 10.4 Å². The Morgan fingerprint density at radius 3 is 2.94 bits per heavy atom. The molecule has 1 heterocycles. The van der Waals surface area contributed by atoms with Crippen LogP contribution in [-0.4, -0.2) is 11.5 Å². The second kappa shape index (κ2) is 6.07. The quantitative estimate of drug-likeness (QED) is 0.832. The molecule has 2 aromatic rings. The SMILES string of the molecule is CCCNCc1nc(C)c(-c2cccc(F)c2)s1. The first-order valence-corrected chi connectivity index (χ1v) is 6.95. The topological polar surface area (TPSA) is 24.9 Å². The Balaban J connectivity index is 2.18. The normalized spacial score (nSPS) is 10.8. The average Bonchev–Trinajstić information content (AvgIpc) is 2.71. The maximum absolute atomic E-state index is 13.2. The molecule has 1 aromatic carbocycles. The fourth-order valence-electron chi connectivity index (χ4n) is 1.80. The predicted molar refractivity (Wildman–Crippen MR) is 74.2 cm³/mol. The number of benzene rings is 1. The zero-order valence-corrected chi connectivity index (χ0v) is 11.5. The zero-order valence-electron chi connectivity index (χ0n) is 10.7. The molecule has 0 atom stereocenters. The molecule has 0 bridgehead atoms. The Kier molecular flexibility index (Phi) is 4.44. The lowest BCUT2D eigenvalue weighted by Crippen LogP contribution is -2.13. The van der Waals surface area contributed by atoms with Crippen molar-refractivity contribution in [2.45, 2.75) is 26.8 Å². The van der Waals surface area contributed by atoms with E-state index in [1.54, 1.807) is 23.5 Å². The van der Waals surface area contributed by atoms with E-state index in [0.29, 0.717) is 0 Å². The van der Waals surface area contributed by atoms with Gasteiger partial charge in [-0.3, -0.25) is 0 Å². The molecule has 2 nitrogen and oxygen atoms in total. The molecule has 0 unspecified atom stereocenters. The molecule has 0 aliphatic heterocycles. The number of aromatic nitrogens is 1. The second-order valence-electron chi connectivity index (χ2n) is 4.21. The third-order valence-corrected chi connectivity index (χ3v) is 3.84. The van der Waals surface area contributed by atoms with Crippen molar-refractivity contribution in [2.24, 2.45) is 0 Å². The van der Waals surface area contributed by atoms with E-state index in [1.807, 2.05) is 13.0 Å². The van der Waals surface area contributed by atoms with Crippen LogP contribution < -0.4 is 5.32 Å². The summed E-state index contributed by atoms with van der Waals surface area (Å²) in [5, 5.41) is 4.38. The molecule has 0 saturated carbocycles. The van der Waals surface area contributed by atoms with Crippen LogP contribution in [0.3, 0.4) is 0 Å². The van der Waals surface area contributed by atoms with Gasteiger partial charge < -0.3 is 5.32 Å². The van der Waals surface area contributed by atoms with Gasteiger partial charge in [0.1, 0.15) is 10.8 Å². The number of hydrogen-bond acceptors (Lipinski definition) is 3. The summed E-state index contributed by atoms with van der Waals surface area (Å²) in [5.41, 5.74) is 1.88. The number of halogens is 1. The molecule has 0 spiro atoms. The summed E-state index contributed by atoms with van der Waals surface area (Å²) in [6, 6.07) is 6.68. The molecule has 0 radical (unpaired) electrons. The van der Waals surface area contributed by atoms with E-state index in [4.69, 9.17) is 0 Å². The monoisotopic (exact) mass is 264 g/mol. The Labute approximate surface area is 111 Å². The van der Waals surface area contributed by atoms with Crippen LogP contribution in [-0.2, 0) is 6.54 Å². The van der Waals surface area contributed by atoms with E-state index in [-0.39, 0.29) is 5.82 Å². The van der Waals surface area contributed by atoms with Gasteiger partial charge in [0.2, 0.25) is 0 Å². The summed E-state index contributed by atoms with van der Waals surface area (Å²) in [6.07, 6.45) is 1.11. The standard InChI is InChI=1S/C14H17FN2S/c1-3-7-16-9-13-17-10(2)14(18-13)11-5-4-6-12(15)8-11/h4-6,8,16H,3,7,9H2,1-2H3. The van der Waals surface area contributed by atoms with E-state index < -0.39 is 0 Å². The molecule has 1 N–H and O–H groups in total. The van der Waals surface area contributed by atoms with Gasteiger partial charge in [-0.05, 0) is 37.6 Å². The van der Waals surface area contributed by atoms with E-state index >= 15 is 0 Å². The van der Waals surface area contributed by atoms with Gasteiger partial charge in [0.25, 0.3) is 0 Å². The average molecular weight is 264 g/mol. The maximum Gasteiger partial charge on any atom is 0.123 e. The fourth-order valence-corrected chi connectivity index (χ4v) is 2.83. The molecule has 0 saturated heterocycles. The summed E-state index contributed by atoms with van der Waals surface area (Å²) in [7, 11) is 0. The summed E-state index contributed by atoms with van der Waals surface area (Å²) in [6.45, 7) is 5.89. The number of hydrogen-bond donors (Lipinski definition) is 1. The lowest BCUT2D eigenvalue weighted by Gasteiger charge is -1.98. The third-order valence-electron chi connectivity index (χ3n) is 2.63. The Bertz CT molecular complexity index is 522. The molecule has 0 aliphatic rings. The molecule has 2 rings (SSSR count). The van der Waals surface area contributed by atoms with Crippen molar-refractivity contribution in [2.75, 3.05) is 6.54 Å². The van der Waals surface area contributed by atoms with Crippen molar-refractivity contribution in [3.8, 4) is 10.4 Å². The van der Waals surface area contributed by atoms with Crippen LogP contribution in [0.2, 0.25) is 0 Å². The van der Waals surface area contributed by atoms with Gasteiger partial charge >= 0.3 is 0 Å². The Morgan fingerprint density at radius 1 is 1.39 bits per heavy atom. The van der Waals surface area contributed by atoms with Crippen molar-refractivity contribution in [3.63, 3.8) is 0 Å². The van der Waals surface area contributed by atoms with Crippen molar-refractivity contribution in [3.05, 3.63) is 40.8 Å². The van der Waals surface area contributed by atoms with Gasteiger partial charge in [0, 0.05) is 6.54 Å². The van der Waals surface area contributed by atoms with Gasteiger partial charge in [-0.2, -0.15) is 0 Å². The largest absolute Gasteiger partial charge is 0.310 e. The number of nitrogens with zero attached hydrogens (tertiary/aromatic N) is 1. The first kappa shape index (κ1) is 13.2. The highest BCUT2D eigenvalue weighted by Crippen LogP contribution is 2.30. The van der Waals surface area contributed by atoms with Gasteiger partial charge in [0.05, 0.1) is 10.6 Å². The summed E-state index contributed by atoms with van der Waals surface area (Å²) < 4.78 is 13.2. The second-order valence-corrected chi connectivity index (χ2v) is 5.29. The molecular weight excluding hydrogens is 247 g/mol. The van der Waals surface area contributed by atoms with Crippen LogP contribution in [0.15, 0.2) is 24.3 Å². The molecule has 1 aromatic heterocycles. The van der Waals surface area contributed by atoms with Gasteiger partial charge in [-0.1, -0.05) is 19.1 Å². The molecule has 4 heteroatoms. The number of rotatable bonds is 5. The molecule has 0 amide bonds. The first-order valence-electron chi connectivity index (χ1n) is 6.13. The first-order chi connectivity index (χ1) is 8.70. The summed E-state index contributed by atoms with van der Waals surface area (Å²) >= 11 is 1.63. The zero-order chi connectivity index (χ0) is 13.0. The highest BCUT2D eigenvalue weighted by atomic mass is 32.1. The summed E-state index contributed by atoms with van der Waals surface area (Å²) in [4.78, 5) is 5.58. The van der Waals surface area contributed by atoms with E-state index in [1.165, 1.54) is 6.07 Å². The minimum Gasteiger partial charge on any atom is -0.310 e. The number of thiazole rings is 1. The molecule has 18 heavy (non-hydrogen) atoms. The van der Waals surface area contributed by atoms with Crippen molar-refractivity contribution >= 4 is 11.3 Å². The van der Waals surface area contributed by atoms with E-state index in [2.05, 4.69) is 17.2 Å². The molecule has 96 valence electrons. The Morgan fingerprint density at radius 2 is 2.22 bits per heavy atom. The Hall–Kier alpha value is -1.26. The predicted octanol–water partition coefficient (Wildman–Crippen LogP) is 3.76. The fraction of sp³-hybridized carbons (Fsp3) is 0.357. The molecule has 0 fully saturated rings. The van der Waals surface area contributed by atoms with Gasteiger partial charge in [-0.15, -0.1) is 11.3 Å². The van der Waals surface area contributed by atoms with Crippen molar-refractivity contribution < 1.29 is 4.39 Å². The van der Waals surface area contributed by atoms with Crippen LogP contribution in [0.4, 0.5) is 4.39 Å². The third kappa shape index (κ3) is 3.15. The van der Waals surface area contributed by atoms with Gasteiger partial charge in [0.15, 0.2) is 0 Å². The minimum absolute atomic E-state index is 0.203. The molecular formula is C14H17FN2S. The van der Waals surface area contributed by atoms with Gasteiger partial charge in [-0.25, -0.2) is 9.37 Å². The van der Waals surface area contributed by atoms with Crippen LogP contribution in [0, 0.1) is 12.7 Å². The minimum atomic E-state index is -0.203. The van der Waals surface area contributed by atoms with Crippen LogP contribution in [0.1, 0.15) is 24.0 Å². The number of aryl methyl sites for hydroxylation is 1. The van der Waals surface area contributed by atoms with E-state index in [0.717, 1.165) is 40.7 Å². The smallest absolute Gasteiger partial charge is 0.123 e. The maximum atomic E-state index is 13.2. The lowest BCUT2D eigenvalue weighted by atomic mass is 10.1. The molecule has 0 aliphatic carbocycles. The van der Waals surface area contributed by atoms with Crippen LogP contribution >= 0.6 is 11.3 Å². The number of nitrogens with one attached hydrogen (secondary N) is 1. The highest BCUT2D eigenvalue weighted by molar-refractivity contribution is 7.15. The van der Waals surface area contributed by atoms with Crippen molar-refractivity contribution in [1.29, 1.82) is 0 Å². The van der Waals surface area contributed by atoms with E-state index in [9.17, 15) is 4.39 Å². The van der Waals surface area contributed by atoms with Crippen molar-refractivity contribution in [1.82, 2.24) is 10.3 Å². The van der Waals surface area contributed by atoms with Crippen LogP contribution in [0.5, 0.6) is 0 Å².